The molecule has 4 aromatic rings. The molecule has 1 atom stereocenters. The van der Waals surface area contributed by atoms with Gasteiger partial charge in [-0.1, -0.05) is 44.2 Å². The van der Waals surface area contributed by atoms with Crippen LogP contribution in [0.15, 0.2) is 71.5 Å². The van der Waals surface area contributed by atoms with Gasteiger partial charge in [0.25, 0.3) is 11.5 Å². The fourth-order valence-corrected chi connectivity index (χ4v) is 4.74. The number of aromatic nitrogens is 2. The third kappa shape index (κ3) is 4.11. The van der Waals surface area contributed by atoms with Crippen LogP contribution in [0.4, 0.5) is 0 Å². The van der Waals surface area contributed by atoms with Crippen LogP contribution in [0, 0.1) is 0 Å². The van der Waals surface area contributed by atoms with Crippen molar-refractivity contribution in [2.45, 2.75) is 39.7 Å². The molecule has 36 heavy (non-hydrogen) atoms. The van der Waals surface area contributed by atoms with Crippen molar-refractivity contribution < 1.29 is 14.3 Å². The lowest BCUT2D eigenvalue weighted by Gasteiger charge is -2.31. The predicted molar refractivity (Wildman–Crippen MR) is 139 cm³/mol. The average molecular weight is 484 g/mol. The van der Waals surface area contributed by atoms with Crippen molar-refractivity contribution in [3.63, 3.8) is 0 Å². The molecule has 7 nitrogen and oxygen atoms in total. The lowest BCUT2D eigenvalue weighted by Crippen LogP contribution is -2.38. The lowest BCUT2D eigenvalue weighted by molar-refractivity contribution is 0.0681. The molecule has 1 aliphatic heterocycles. The van der Waals surface area contributed by atoms with Crippen molar-refractivity contribution in [1.29, 1.82) is 0 Å². The maximum atomic E-state index is 13.9. The van der Waals surface area contributed by atoms with Gasteiger partial charge in [-0.25, -0.2) is 4.98 Å². The van der Waals surface area contributed by atoms with Gasteiger partial charge < -0.3 is 14.4 Å². The summed E-state index contributed by atoms with van der Waals surface area (Å²) >= 11 is 0. The summed E-state index contributed by atoms with van der Waals surface area (Å²) < 4.78 is 12.6. The predicted octanol–water partition coefficient (Wildman–Crippen LogP) is 5.29. The largest absolute Gasteiger partial charge is 0.454 e. The number of para-hydroxylation sites is 2. The van der Waals surface area contributed by atoms with Crippen LogP contribution in [0.5, 0.6) is 11.5 Å². The van der Waals surface area contributed by atoms with Crippen molar-refractivity contribution in [3.05, 3.63) is 94.0 Å². The zero-order valence-electron chi connectivity index (χ0n) is 20.7. The number of hydrogen-bond donors (Lipinski definition) is 0. The smallest absolute Gasteiger partial charge is 0.266 e. The Morgan fingerprint density at radius 3 is 2.58 bits per heavy atom. The first kappa shape index (κ1) is 23.6. The molecule has 0 saturated heterocycles. The SMILES string of the molecule is CCCN(C(=O)c1ccc2c(c1)OCO2)C(C)c1nc2ccccc2c(=O)n1-c1ccccc1CC. The molecule has 0 saturated carbocycles. The van der Waals surface area contributed by atoms with E-state index in [0.29, 0.717) is 40.3 Å². The van der Waals surface area contributed by atoms with E-state index >= 15 is 0 Å². The molecule has 0 aliphatic carbocycles. The van der Waals surface area contributed by atoms with Gasteiger partial charge >= 0.3 is 0 Å². The molecule has 1 aliphatic rings. The summed E-state index contributed by atoms with van der Waals surface area (Å²) in [5.74, 6) is 1.56. The quantitative estimate of drug-likeness (QED) is 0.357. The molecular formula is C29H29N3O4. The standard InChI is InChI=1S/C29H29N3O4/c1-4-16-31(28(33)21-14-15-25-26(17-21)36-18-35-25)19(3)27-30-23-12-8-7-11-22(23)29(34)32(27)24-13-9-6-10-20(24)5-2/h6-15,17,19H,4-5,16,18H2,1-3H3. The zero-order valence-corrected chi connectivity index (χ0v) is 20.7. The van der Waals surface area contributed by atoms with Crippen molar-refractivity contribution in [2.75, 3.05) is 13.3 Å². The summed E-state index contributed by atoms with van der Waals surface area (Å²) in [7, 11) is 0. The van der Waals surface area contributed by atoms with Crippen molar-refractivity contribution in [1.82, 2.24) is 14.5 Å². The highest BCUT2D eigenvalue weighted by Gasteiger charge is 2.28. The highest BCUT2D eigenvalue weighted by Crippen LogP contribution is 2.34. The third-order valence-electron chi connectivity index (χ3n) is 6.60. The van der Waals surface area contributed by atoms with Crippen LogP contribution in [0.1, 0.15) is 55.0 Å². The van der Waals surface area contributed by atoms with E-state index in [1.807, 2.05) is 56.3 Å². The van der Waals surface area contributed by atoms with Gasteiger partial charge in [0.1, 0.15) is 5.82 Å². The van der Waals surface area contributed by atoms with Crippen LogP contribution in [0.2, 0.25) is 0 Å². The minimum Gasteiger partial charge on any atom is -0.454 e. The molecule has 1 aromatic heterocycles. The van der Waals surface area contributed by atoms with E-state index in [9.17, 15) is 9.59 Å². The molecule has 0 radical (unpaired) electrons. The van der Waals surface area contributed by atoms with Gasteiger partial charge in [0, 0.05) is 12.1 Å². The summed E-state index contributed by atoms with van der Waals surface area (Å²) in [6.45, 7) is 6.68. The topological polar surface area (TPSA) is 73.7 Å². The van der Waals surface area contributed by atoms with Gasteiger partial charge in [0.05, 0.1) is 22.6 Å². The van der Waals surface area contributed by atoms with E-state index in [1.165, 1.54) is 0 Å². The lowest BCUT2D eigenvalue weighted by atomic mass is 10.1. The minimum atomic E-state index is -0.468. The number of carbonyl (C=O) groups is 1. The van der Waals surface area contributed by atoms with E-state index in [4.69, 9.17) is 14.5 Å². The van der Waals surface area contributed by atoms with Gasteiger partial charge in [-0.15, -0.1) is 0 Å². The second-order valence-corrected chi connectivity index (χ2v) is 8.85. The Kier molecular flexibility index (Phi) is 6.46. The van der Waals surface area contributed by atoms with Gasteiger partial charge in [-0.05, 0) is 61.7 Å². The minimum absolute atomic E-state index is 0.143. The van der Waals surface area contributed by atoms with Gasteiger partial charge in [-0.3, -0.25) is 14.2 Å². The van der Waals surface area contributed by atoms with E-state index in [1.54, 1.807) is 33.7 Å². The van der Waals surface area contributed by atoms with Crippen LogP contribution < -0.4 is 15.0 Å². The number of fused-ring (bicyclic) bond motifs is 2. The van der Waals surface area contributed by atoms with Crippen molar-refractivity contribution in [2.24, 2.45) is 0 Å². The molecule has 7 heteroatoms. The second kappa shape index (κ2) is 9.85. The van der Waals surface area contributed by atoms with E-state index in [0.717, 1.165) is 24.1 Å². The van der Waals surface area contributed by atoms with Crippen LogP contribution in [0.3, 0.4) is 0 Å². The fraction of sp³-hybridized carbons (Fsp3) is 0.276. The second-order valence-electron chi connectivity index (χ2n) is 8.85. The first-order chi connectivity index (χ1) is 17.5. The highest BCUT2D eigenvalue weighted by molar-refractivity contribution is 5.95. The number of aryl methyl sites for hydroxylation is 1. The Balaban J connectivity index is 1.67. The number of rotatable bonds is 7. The summed E-state index contributed by atoms with van der Waals surface area (Å²) in [5.41, 5.74) is 2.80. The summed E-state index contributed by atoms with van der Waals surface area (Å²) in [5, 5.41) is 0.545. The maximum absolute atomic E-state index is 13.9. The average Bonchev–Trinajstić information content (AvgIpc) is 3.39. The molecule has 0 spiro atoms. The van der Waals surface area contributed by atoms with Crippen LogP contribution >= 0.6 is 0 Å². The number of carbonyl (C=O) groups excluding carboxylic acids is 1. The zero-order chi connectivity index (χ0) is 25.2. The number of hydrogen-bond acceptors (Lipinski definition) is 5. The molecule has 1 unspecified atom stereocenters. The molecule has 1 amide bonds. The van der Waals surface area contributed by atoms with E-state index in [2.05, 4.69) is 6.92 Å². The van der Waals surface area contributed by atoms with E-state index < -0.39 is 6.04 Å². The van der Waals surface area contributed by atoms with Crippen LogP contribution in [0.25, 0.3) is 16.6 Å². The number of nitrogens with zero attached hydrogens (tertiary/aromatic N) is 3. The molecule has 3 aromatic carbocycles. The van der Waals surface area contributed by atoms with Gasteiger partial charge in [0.15, 0.2) is 11.5 Å². The molecule has 2 heterocycles. The molecular weight excluding hydrogens is 454 g/mol. The normalized spacial score (nSPS) is 13.1. The summed E-state index contributed by atoms with van der Waals surface area (Å²) in [6.07, 6.45) is 1.52. The summed E-state index contributed by atoms with van der Waals surface area (Å²) in [4.78, 5) is 34.4. The van der Waals surface area contributed by atoms with E-state index in [-0.39, 0.29) is 18.3 Å². The molecule has 0 bridgehead atoms. The number of benzene rings is 3. The Bertz CT molecular complexity index is 1490. The monoisotopic (exact) mass is 483 g/mol. The molecule has 184 valence electrons. The van der Waals surface area contributed by atoms with Crippen molar-refractivity contribution in [3.8, 4) is 17.2 Å². The molecule has 0 fully saturated rings. The Morgan fingerprint density at radius 2 is 1.78 bits per heavy atom. The van der Waals surface area contributed by atoms with Crippen LogP contribution in [-0.4, -0.2) is 33.7 Å². The first-order valence-corrected chi connectivity index (χ1v) is 12.3. The number of amides is 1. The first-order valence-electron chi connectivity index (χ1n) is 12.3. The fourth-order valence-electron chi connectivity index (χ4n) is 4.74. The maximum Gasteiger partial charge on any atom is 0.266 e. The van der Waals surface area contributed by atoms with Gasteiger partial charge in [0.2, 0.25) is 6.79 Å². The Labute approximate surface area is 209 Å². The highest BCUT2D eigenvalue weighted by atomic mass is 16.7. The molecule has 5 rings (SSSR count). The molecule has 0 N–H and O–H groups in total. The summed E-state index contributed by atoms with van der Waals surface area (Å²) in [6, 6.07) is 20.0. The number of ether oxygens (including phenoxy) is 2. The third-order valence-corrected chi connectivity index (χ3v) is 6.60. The Morgan fingerprint density at radius 1 is 1.03 bits per heavy atom. The van der Waals surface area contributed by atoms with Crippen LogP contribution in [-0.2, 0) is 6.42 Å². The van der Waals surface area contributed by atoms with Gasteiger partial charge in [-0.2, -0.15) is 0 Å². The Hall–Kier alpha value is -4.13. The van der Waals surface area contributed by atoms with Crippen molar-refractivity contribution >= 4 is 16.8 Å².